The first-order valence-electron chi connectivity index (χ1n) is 8.98. The van der Waals surface area contributed by atoms with Crippen LogP contribution >= 0.6 is 23.5 Å². The number of ether oxygens (including phenoxy) is 1. The molecule has 184 valence electrons. The lowest BCUT2D eigenvalue weighted by molar-refractivity contribution is -0.339. The number of rotatable bonds is 8. The van der Waals surface area contributed by atoms with E-state index in [1.54, 1.807) is 0 Å². The molecular weight excluding hydrogens is 515 g/mol. The number of nitrogens with one attached hydrogen (secondary N) is 1. The normalized spacial score (nSPS) is 27.0. The Balaban J connectivity index is 1.44. The highest BCUT2D eigenvalue weighted by molar-refractivity contribution is 7.64. The largest absolute Gasteiger partial charge is 0.790 e. The smallest absolute Gasteiger partial charge is 0.278 e. The maximum absolute atomic E-state index is 11.7. The lowest BCUT2D eigenvalue weighted by atomic mass is 10.2. The molecule has 0 saturated carbocycles. The molecular formula is C12H14N5O13P3-4. The molecule has 0 amide bonds. The van der Waals surface area contributed by atoms with Gasteiger partial charge in [0.15, 0.2) is 17.7 Å². The standard InChI is InChI=1S/C12H18N5O13P3/c18-7-3-9(17-12-10-6(15-17)1-2-26-16-11(10)13-5-14-12)28-8(7)4-27-32(22,23)30-33(24,25)29-31(19,20)21/h5,7-9,18H,1-4H2,(H,22,23)(H,24,25)(H,13,14,16)(H2,19,20,21)/p-4. The number of nitrogens with zero attached hydrogens (tertiary/aromatic N) is 4. The van der Waals surface area contributed by atoms with Crippen molar-refractivity contribution in [3.05, 3.63) is 12.0 Å². The van der Waals surface area contributed by atoms with Crippen molar-refractivity contribution in [2.45, 2.75) is 31.3 Å². The van der Waals surface area contributed by atoms with Crippen molar-refractivity contribution in [2.24, 2.45) is 0 Å². The fraction of sp³-hybridized carbons (Fsp3) is 0.583. The summed E-state index contributed by atoms with van der Waals surface area (Å²) in [5, 5.41) is 15.2. The van der Waals surface area contributed by atoms with Crippen LogP contribution in [0, 0.1) is 0 Å². The van der Waals surface area contributed by atoms with Crippen molar-refractivity contribution in [2.75, 3.05) is 18.7 Å². The van der Waals surface area contributed by atoms with E-state index in [0.29, 0.717) is 35.6 Å². The van der Waals surface area contributed by atoms with Gasteiger partial charge in [-0.25, -0.2) is 24.4 Å². The molecule has 2 aliphatic heterocycles. The third kappa shape index (κ3) is 5.83. The van der Waals surface area contributed by atoms with E-state index < -0.39 is 48.5 Å². The van der Waals surface area contributed by atoms with Gasteiger partial charge in [0.25, 0.3) is 15.6 Å². The number of aliphatic hydroxyl groups is 1. The van der Waals surface area contributed by atoms with E-state index in [4.69, 9.17) is 9.57 Å². The third-order valence-electron chi connectivity index (χ3n) is 4.44. The highest BCUT2D eigenvalue weighted by Gasteiger charge is 2.38. The first-order valence-corrected chi connectivity index (χ1v) is 13.4. The number of hydrogen-bond acceptors (Lipinski definition) is 17. The molecule has 4 rings (SSSR count). The molecule has 5 atom stereocenters. The predicted molar refractivity (Wildman–Crippen MR) is 94.1 cm³/mol. The zero-order chi connectivity index (χ0) is 24.0. The zero-order valence-corrected chi connectivity index (χ0v) is 18.8. The van der Waals surface area contributed by atoms with Gasteiger partial charge in [-0.3, -0.25) is 18.3 Å². The van der Waals surface area contributed by atoms with Gasteiger partial charge in [0, 0.05) is 12.8 Å². The molecule has 21 heteroatoms. The lowest BCUT2D eigenvalue weighted by Gasteiger charge is -2.37. The maximum Gasteiger partial charge on any atom is 0.278 e. The van der Waals surface area contributed by atoms with Crippen molar-refractivity contribution >= 4 is 40.3 Å². The molecule has 2 aliphatic rings. The molecule has 4 heterocycles. The molecule has 2 aromatic rings. The summed E-state index contributed by atoms with van der Waals surface area (Å²) >= 11 is 0. The SMILES string of the molecule is O=P([O-])([O-])OP(=O)([O-])OP(=O)([O-])OCC1OC(n2nc3c4c(ncnc42)NOCC3)CC1O. The van der Waals surface area contributed by atoms with Crippen molar-refractivity contribution in [3.8, 4) is 0 Å². The summed E-state index contributed by atoms with van der Waals surface area (Å²) < 4.78 is 51.1. The number of aromatic nitrogens is 4. The van der Waals surface area contributed by atoms with E-state index in [-0.39, 0.29) is 6.42 Å². The first kappa shape index (κ1) is 24.8. The Bertz CT molecular complexity index is 1190. The Morgan fingerprint density at radius 2 is 1.94 bits per heavy atom. The number of hydrogen-bond donors (Lipinski definition) is 2. The molecule has 0 aromatic carbocycles. The second kappa shape index (κ2) is 9.02. The molecule has 2 N–H and O–H groups in total. The minimum absolute atomic E-state index is 0.0593. The first-order chi connectivity index (χ1) is 15.3. The summed E-state index contributed by atoms with van der Waals surface area (Å²) in [4.78, 5) is 57.1. The van der Waals surface area contributed by atoms with E-state index >= 15 is 0 Å². The highest BCUT2D eigenvalue weighted by Crippen LogP contribution is 2.60. The van der Waals surface area contributed by atoms with Gasteiger partial charge in [0.05, 0.1) is 38.2 Å². The summed E-state index contributed by atoms with van der Waals surface area (Å²) in [6.07, 6.45) is -1.84. The van der Waals surface area contributed by atoms with Crippen molar-refractivity contribution < 1.29 is 61.1 Å². The lowest BCUT2D eigenvalue weighted by Crippen LogP contribution is -2.27. The number of anilines is 1. The Morgan fingerprint density at radius 3 is 2.67 bits per heavy atom. The van der Waals surface area contributed by atoms with Crippen LogP contribution in [0.3, 0.4) is 0 Å². The molecule has 5 unspecified atom stereocenters. The van der Waals surface area contributed by atoms with Gasteiger partial charge in [-0.05, 0) is 0 Å². The summed E-state index contributed by atoms with van der Waals surface area (Å²) in [6, 6.07) is 0. The molecule has 1 fully saturated rings. The van der Waals surface area contributed by atoms with Crippen LogP contribution in [0.1, 0.15) is 18.3 Å². The second-order valence-electron chi connectivity index (χ2n) is 6.75. The van der Waals surface area contributed by atoms with Gasteiger partial charge in [-0.2, -0.15) is 5.10 Å². The molecule has 1 saturated heterocycles. The van der Waals surface area contributed by atoms with Crippen LogP contribution in [0.4, 0.5) is 5.82 Å². The molecule has 0 aliphatic carbocycles. The average Bonchev–Trinajstić information content (AvgIpc) is 3.14. The molecule has 0 spiro atoms. The van der Waals surface area contributed by atoms with Crippen LogP contribution in [0.2, 0.25) is 0 Å². The second-order valence-corrected chi connectivity index (χ2v) is 11.0. The Labute approximate surface area is 183 Å². The maximum atomic E-state index is 11.7. The third-order valence-corrected chi connectivity index (χ3v) is 8.11. The van der Waals surface area contributed by atoms with E-state index in [1.807, 2.05) is 0 Å². The van der Waals surface area contributed by atoms with Crippen LogP contribution in [0.5, 0.6) is 0 Å². The summed E-state index contributed by atoms with van der Waals surface area (Å²) in [5.74, 6) is 0.381. The molecule has 0 bridgehead atoms. The summed E-state index contributed by atoms with van der Waals surface area (Å²) in [6.45, 7) is -0.611. The van der Waals surface area contributed by atoms with Crippen molar-refractivity contribution in [3.63, 3.8) is 0 Å². The molecule has 2 aromatic heterocycles. The van der Waals surface area contributed by atoms with Crippen molar-refractivity contribution in [1.82, 2.24) is 19.7 Å². The van der Waals surface area contributed by atoms with Gasteiger partial charge in [-0.1, -0.05) is 0 Å². The van der Waals surface area contributed by atoms with Gasteiger partial charge in [0.2, 0.25) is 0 Å². The monoisotopic (exact) mass is 529 g/mol. The summed E-state index contributed by atoms with van der Waals surface area (Å²) in [5.41, 5.74) is 3.62. The summed E-state index contributed by atoms with van der Waals surface area (Å²) in [7, 11) is -17.9. The Hall–Kier alpha value is -1.36. The number of phosphoric acid groups is 3. The van der Waals surface area contributed by atoms with Gasteiger partial charge in [-0.15, -0.1) is 0 Å². The van der Waals surface area contributed by atoms with Crippen LogP contribution < -0.4 is 25.1 Å². The van der Waals surface area contributed by atoms with Gasteiger partial charge < -0.3 is 38.5 Å². The van der Waals surface area contributed by atoms with Crippen molar-refractivity contribution in [1.29, 1.82) is 0 Å². The zero-order valence-electron chi connectivity index (χ0n) is 16.1. The molecule has 0 radical (unpaired) electrons. The Kier molecular flexibility index (Phi) is 6.76. The number of phosphoric ester groups is 1. The van der Waals surface area contributed by atoms with Crippen LogP contribution in [0.15, 0.2) is 6.33 Å². The van der Waals surface area contributed by atoms with Gasteiger partial charge in [0.1, 0.15) is 12.4 Å². The molecule has 33 heavy (non-hydrogen) atoms. The minimum atomic E-state index is -6.10. The highest BCUT2D eigenvalue weighted by atomic mass is 31.3. The quantitative estimate of drug-likeness (QED) is 0.327. The van der Waals surface area contributed by atoms with Crippen LogP contribution in [-0.4, -0.2) is 50.3 Å². The van der Waals surface area contributed by atoms with E-state index in [2.05, 4.69) is 33.7 Å². The average molecular weight is 529 g/mol. The fourth-order valence-electron chi connectivity index (χ4n) is 3.23. The predicted octanol–water partition coefficient (Wildman–Crippen LogP) is -2.81. The molecule has 18 nitrogen and oxygen atoms in total. The van der Waals surface area contributed by atoms with Crippen LogP contribution in [0.25, 0.3) is 11.0 Å². The topological polar surface area (TPSA) is 265 Å². The number of aliphatic hydroxyl groups excluding tert-OH is 1. The van der Waals surface area contributed by atoms with E-state index in [1.165, 1.54) is 11.0 Å². The van der Waals surface area contributed by atoms with Crippen LogP contribution in [-0.2, 0) is 42.8 Å². The Morgan fingerprint density at radius 1 is 1.18 bits per heavy atom. The minimum Gasteiger partial charge on any atom is -0.790 e. The van der Waals surface area contributed by atoms with E-state index in [9.17, 15) is 38.4 Å². The fourth-order valence-corrected chi connectivity index (χ4v) is 6.09. The van der Waals surface area contributed by atoms with E-state index in [0.717, 1.165) is 0 Å². The van der Waals surface area contributed by atoms with Gasteiger partial charge >= 0.3 is 0 Å².